The fourth-order valence-electron chi connectivity index (χ4n) is 3.00. The fraction of sp³-hybridized carbons (Fsp3) is 0.316. The summed E-state index contributed by atoms with van der Waals surface area (Å²) in [6, 6.07) is 1.23. The van der Waals surface area contributed by atoms with Crippen molar-refractivity contribution < 1.29 is 42.4 Å². The molecule has 36 heavy (non-hydrogen) atoms. The molecule has 1 saturated heterocycles. The average molecular weight is 543 g/mol. The molecule has 0 aliphatic carbocycles. The molecule has 2 heterocycles. The van der Waals surface area contributed by atoms with E-state index in [-0.39, 0.29) is 26.6 Å². The summed E-state index contributed by atoms with van der Waals surface area (Å²) in [5, 5.41) is 28.9. The molecular formula is C19H22N6O9S2. The molecule has 1 fully saturated rings. The molecule has 194 valence electrons. The third-order valence-corrected chi connectivity index (χ3v) is 6.68. The van der Waals surface area contributed by atoms with E-state index < -0.39 is 57.2 Å². The third-order valence-electron chi connectivity index (χ3n) is 5.00. The number of oxime groups is 1. The van der Waals surface area contributed by atoms with Crippen LogP contribution in [-0.4, -0.2) is 73.6 Å². The second kappa shape index (κ2) is 9.59. The van der Waals surface area contributed by atoms with Gasteiger partial charge in [-0.3, -0.25) is 18.9 Å². The molecule has 3 amide bonds. The highest BCUT2D eigenvalue weighted by Crippen LogP contribution is 2.28. The Morgan fingerprint density at radius 2 is 1.94 bits per heavy atom. The number of anilines is 2. The largest absolute Gasteiger partial charge is 0.504 e. The summed E-state index contributed by atoms with van der Waals surface area (Å²) < 4.78 is 31.9. The molecule has 0 radical (unpaired) electrons. The molecule has 0 unspecified atom stereocenters. The molecule has 1 aromatic heterocycles. The van der Waals surface area contributed by atoms with Crippen molar-refractivity contribution in [2.75, 3.05) is 11.1 Å². The summed E-state index contributed by atoms with van der Waals surface area (Å²) in [4.78, 5) is 47.0. The number of aromatic hydroxyl groups is 2. The second-order valence-corrected chi connectivity index (χ2v) is 10.3. The van der Waals surface area contributed by atoms with Gasteiger partial charge in [-0.2, -0.15) is 8.42 Å². The maximum atomic E-state index is 12.9. The smallest absolute Gasteiger partial charge is 0.362 e. The van der Waals surface area contributed by atoms with Crippen molar-refractivity contribution in [1.82, 2.24) is 14.6 Å². The molecule has 3 rings (SSSR count). The quantitative estimate of drug-likeness (QED) is 0.0637. The first kappa shape index (κ1) is 26.6. The van der Waals surface area contributed by atoms with E-state index in [4.69, 9.17) is 15.1 Å². The van der Waals surface area contributed by atoms with Crippen molar-refractivity contribution in [1.29, 1.82) is 0 Å². The Hall–Kier alpha value is -3.96. The highest BCUT2D eigenvalue weighted by Gasteiger charge is 2.51. The third kappa shape index (κ3) is 5.47. The summed E-state index contributed by atoms with van der Waals surface area (Å²) in [6.45, 7) is 3.96. The number of nitrogens with two attached hydrogens (primary N) is 1. The molecule has 0 bridgehead atoms. The number of carbonyl (C=O) groups is 3. The highest BCUT2D eigenvalue weighted by atomic mass is 32.2. The predicted octanol–water partition coefficient (Wildman–Crippen LogP) is -0.207. The van der Waals surface area contributed by atoms with Crippen LogP contribution in [0.3, 0.4) is 0 Å². The molecule has 1 aliphatic rings. The highest BCUT2D eigenvalue weighted by molar-refractivity contribution is 7.84. The second-order valence-electron chi connectivity index (χ2n) is 8.07. The first-order chi connectivity index (χ1) is 16.6. The van der Waals surface area contributed by atoms with Crippen molar-refractivity contribution in [2.24, 2.45) is 5.16 Å². The van der Waals surface area contributed by atoms with E-state index in [0.717, 1.165) is 23.5 Å². The number of thiazole rings is 1. The minimum Gasteiger partial charge on any atom is -0.504 e. The van der Waals surface area contributed by atoms with Gasteiger partial charge in [-0.15, -0.1) is 11.3 Å². The monoisotopic (exact) mass is 542 g/mol. The molecule has 17 heteroatoms. The van der Waals surface area contributed by atoms with Crippen LogP contribution in [0, 0.1) is 0 Å². The van der Waals surface area contributed by atoms with Gasteiger partial charge in [0.25, 0.3) is 17.7 Å². The number of phenolic OH excluding ortho intramolecular Hbond substituents is 2. The zero-order valence-electron chi connectivity index (χ0n) is 19.0. The number of nitrogen functional groups attached to an aromatic ring is 1. The Morgan fingerprint density at radius 3 is 2.47 bits per heavy atom. The number of phenols is 2. The summed E-state index contributed by atoms with van der Waals surface area (Å²) in [6.07, 6.45) is 0. The average Bonchev–Trinajstić information content (AvgIpc) is 3.19. The number of β-lactam (4-membered cyclic amide) rings is 1. The van der Waals surface area contributed by atoms with Crippen LogP contribution in [-0.2, 0) is 29.5 Å². The number of amides is 3. The Bertz CT molecular complexity index is 1350. The summed E-state index contributed by atoms with van der Waals surface area (Å²) >= 11 is 0.977. The number of nitrogens with one attached hydrogen (secondary N) is 2. The number of hydrogen-bond acceptors (Lipinski definition) is 12. The van der Waals surface area contributed by atoms with Gasteiger partial charge in [-0.1, -0.05) is 5.16 Å². The van der Waals surface area contributed by atoms with Crippen LogP contribution in [0.5, 0.6) is 11.5 Å². The van der Waals surface area contributed by atoms with Crippen LogP contribution in [0.4, 0.5) is 10.8 Å². The van der Waals surface area contributed by atoms with Gasteiger partial charge >= 0.3 is 10.3 Å². The number of carbonyl (C=O) groups excluding carboxylic acids is 3. The first-order valence-corrected chi connectivity index (χ1v) is 12.3. The normalized spacial score (nSPS) is 18.4. The van der Waals surface area contributed by atoms with E-state index in [1.807, 2.05) is 0 Å². The van der Waals surface area contributed by atoms with E-state index in [9.17, 15) is 33.0 Å². The van der Waals surface area contributed by atoms with Gasteiger partial charge in [-0.25, -0.2) is 9.29 Å². The predicted molar refractivity (Wildman–Crippen MR) is 126 cm³/mol. The maximum Gasteiger partial charge on any atom is 0.362 e. The molecule has 0 spiro atoms. The Morgan fingerprint density at radius 1 is 1.28 bits per heavy atom. The molecule has 0 saturated carbocycles. The minimum atomic E-state index is -4.80. The Kier molecular flexibility index (Phi) is 7.10. The number of nitrogens with zero attached hydrogens (tertiary/aromatic N) is 3. The van der Waals surface area contributed by atoms with Crippen molar-refractivity contribution in [3.8, 4) is 11.5 Å². The SMILES string of the molecule is C[C@@H]1[C@H](NC(=O)/C(=N\OC(C)(C)C(=O)Nc2ccc(O)c(O)c2)c2csc(N)n2)C(=O)N1S(=O)(=O)O. The zero-order valence-corrected chi connectivity index (χ0v) is 20.6. The minimum absolute atomic E-state index is 0.0410. The molecule has 7 N–H and O–H groups in total. The standard InChI is InChI=1S/C19H22N6O9S2/c1-8-13(16(29)25(8)36(31,32)33)23-15(28)14(10-7-35-18(20)22-10)24-34-19(2,3)17(30)21-9-4-5-11(26)12(27)6-9/h4-8,13,26-27H,1-3H3,(H2,20,22)(H,21,30)(H,23,28)(H,31,32,33)/b24-14-/t8-,13+/m1/s1. The first-order valence-electron chi connectivity index (χ1n) is 10.0. The molecule has 2 atom stereocenters. The van der Waals surface area contributed by atoms with E-state index >= 15 is 0 Å². The Labute approximate surface area is 208 Å². The molecule has 1 aromatic carbocycles. The number of benzene rings is 1. The van der Waals surface area contributed by atoms with Gasteiger partial charge < -0.3 is 31.4 Å². The number of aromatic nitrogens is 1. The van der Waals surface area contributed by atoms with Crippen molar-refractivity contribution >= 4 is 55.9 Å². The van der Waals surface area contributed by atoms with Crippen LogP contribution in [0.15, 0.2) is 28.7 Å². The van der Waals surface area contributed by atoms with Crippen molar-refractivity contribution in [3.05, 3.63) is 29.3 Å². The van der Waals surface area contributed by atoms with Gasteiger partial charge in [0.15, 0.2) is 22.3 Å². The molecule has 1 aliphatic heterocycles. The van der Waals surface area contributed by atoms with Crippen LogP contribution in [0.1, 0.15) is 26.5 Å². The zero-order chi connectivity index (χ0) is 27.0. The maximum absolute atomic E-state index is 12.9. The van der Waals surface area contributed by atoms with Crippen LogP contribution in [0.2, 0.25) is 0 Å². The molecule has 15 nitrogen and oxygen atoms in total. The van der Waals surface area contributed by atoms with Gasteiger partial charge in [0, 0.05) is 17.1 Å². The number of hydrogen-bond donors (Lipinski definition) is 6. The Balaban J connectivity index is 1.79. The van der Waals surface area contributed by atoms with Crippen molar-refractivity contribution in [3.63, 3.8) is 0 Å². The summed E-state index contributed by atoms with van der Waals surface area (Å²) in [5.41, 5.74) is 3.59. The van der Waals surface area contributed by atoms with Gasteiger partial charge in [-0.05, 0) is 32.9 Å². The van der Waals surface area contributed by atoms with Gasteiger partial charge in [0.2, 0.25) is 5.60 Å². The lowest BCUT2D eigenvalue weighted by Gasteiger charge is -2.42. The van der Waals surface area contributed by atoms with E-state index in [0.29, 0.717) is 0 Å². The fourth-order valence-corrected chi connectivity index (χ4v) is 4.43. The number of rotatable bonds is 8. The van der Waals surface area contributed by atoms with Crippen LogP contribution >= 0.6 is 11.3 Å². The van der Waals surface area contributed by atoms with E-state index in [1.54, 1.807) is 0 Å². The molecular weight excluding hydrogens is 520 g/mol. The van der Waals surface area contributed by atoms with Crippen LogP contribution in [0.25, 0.3) is 0 Å². The van der Waals surface area contributed by atoms with Gasteiger partial charge in [0.1, 0.15) is 11.7 Å². The van der Waals surface area contributed by atoms with Crippen LogP contribution < -0.4 is 16.4 Å². The lowest BCUT2D eigenvalue weighted by molar-refractivity contribution is -0.144. The lowest BCUT2D eigenvalue weighted by atomic mass is 10.0. The summed E-state index contributed by atoms with van der Waals surface area (Å²) in [5.74, 6) is -3.63. The topological polar surface area (TPSA) is 234 Å². The van der Waals surface area contributed by atoms with E-state index in [2.05, 4.69) is 20.8 Å². The van der Waals surface area contributed by atoms with Crippen molar-refractivity contribution in [2.45, 2.75) is 38.5 Å². The molecule has 2 aromatic rings. The lowest BCUT2D eigenvalue weighted by Crippen LogP contribution is -2.71. The summed E-state index contributed by atoms with van der Waals surface area (Å²) in [7, 11) is -4.80. The van der Waals surface area contributed by atoms with Gasteiger partial charge in [0.05, 0.1) is 6.04 Å². The van der Waals surface area contributed by atoms with E-state index in [1.165, 1.54) is 32.2 Å².